The number of aliphatic hydroxyl groups is 1. The van der Waals surface area contributed by atoms with E-state index in [1.807, 2.05) is 26.0 Å². The van der Waals surface area contributed by atoms with Crippen molar-refractivity contribution in [1.82, 2.24) is 5.32 Å². The van der Waals surface area contributed by atoms with Crippen molar-refractivity contribution in [2.75, 3.05) is 13.2 Å². The summed E-state index contributed by atoms with van der Waals surface area (Å²) in [7, 11) is 0. The zero-order valence-electron chi connectivity index (χ0n) is 13.4. The van der Waals surface area contributed by atoms with E-state index in [1.165, 1.54) is 0 Å². The fraction of sp³-hybridized carbons (Fsp3) is 0.529. The van der Waals surface area contributed by atoms with Crippen LogP contribution in [0.1, 0.15) is 32.8 Å². The van der Waals surface area contributed by atoms with E-state index in [4.69, 9.17) is 10.00 Å². The summed E-state index contributed by atoms with van der Waals surface area (Å²) in [6, 6.07) is 8.99. The lowest BCUT2D eigenvalue weighted by Gasteiger charge is -2.29. The van der Waals surface area contributed by atoms with Gasteiger partial charge in [0.25, 0.3) is 0 Å². The number of carbonyl (C=O) groups excluding carboxylic acids is 1. The number of nitrogens with one attached hydrogen (secondary N) is 1. The second kappa shape index (κ2) is 8.40. The van der Waals surface area contributed by atoms with E-state index in [0.717, 1.165) is 12.0 Å². The number of hydrogen-bond acceptors (Lipinski definition) is 4. The van der Waals surface area contributed by atoms with Gasteiger partial charge in [0.15, 0.2) is 6.61 Å². The molecule has 0 saturated heterocycles. The van der Waals surface area contributed by atoms with Gasteiger partial charge in [0.2, 0.25) is 5.91 Å². The first-order valence-electron chi connectivity index (χ1n) is 7.46. The maximum Gasteiger partial charge on any atom is 0.224 e. The molecule has 0 aliphatic rings. The molecule has 22 heavy (non-hydrogen) atoms. The second-order valence-electron chi connectivity index (χ2n) is 5.71. The van der Waals surface area contributed by atoms with Crippen molar-refractivity contribution in [1.29, 1.82) is 5.26 Å². The van der Waals surface area contributed by atoms with Gasteiger partial charge in [0.1, 0.15) is 11.8 Å². The van der Waals surface area contributed by atoms with Gasteiger partial charge in [-0.15, -0.1) is 0 Å². The van der Waals surface area contributed by atoms with Gasteiger partial charge in [-0.3, -0.25) is 4.79 Å². The predicted molar refractivity (Wildman–Crippen MR) is 84.3 cm³/mol. The van der Waals surface area contributed by atoms with Gasteiger partial charge in [-0.1, -0.05) is 32.4 Å². The van der Waals surface area contributed by atoms with Crippen LogP contribution < -0.4 is 10.1 Å². The Morgan fingerprint density at radius 3 is 2.91 bits per heavy atom. The predicted octanol–water partition coefficient (Wildman–Crippen LogP) is 2.04. The highest BCUT2D eigenvalue weighted by atomic mass is 16.5. The third-order valence-electron chi connectivity index (χ3n) is 3.88. The number of carbonyl (C=O) groups is 1. The van der Waals surface area contributed by atoms with Crippen molar-refractivity contribution in [3.63, 3.8) is 0 Å². The molecular formula is C17H24N2O3. The van der Waals surface area contributed by atoms with Crippen LogP contribution in [0.4, 0.5) is 0 Å². The van der Waals surface area contributed by atoms with Crippen molar-refractivity contribution >= 4 is 5.91 Å². The summed E-state index contributed by atoms with van der Waals surface area (Å²) in [6.07, 6.45) is 1.06. The van der Waals surface area contributed by atoms with E-state index in [-0.39, 0.29) is 31.4 Å². The Kier molecular flexibility index (Phi) is 6.87. The van der Waals surface area contributed by atoms with Crippen LogP contribution in [0.25, 0.3) is 0 Å². The molecule has 0 aliphatic heterocycles. The minimum atomic E-state index is -0.915. The molecule has 5 nitrogen and oxygen atoms in total. The molecule has 1 aromatic carbocycles. The van der Waals surface area contributed by atoms with Crippen molar-refractivity contribution in [2.45, 2.75) is 39.2 Å². The molecule has 1 amide bonds. The number of nitriles is 1. The monoisotopic (exact) mass is 304 g/mol. The largest absolute Gasteiger partial charge is 0.479 e. The summed E-state index contributed by atoms with van der Waals surface area (Å²) in [5.74, 6) is 0.523. The molecule has 0 aliphatic carbocycles. The maximum absolute atomic E-state index is 12.0. The number of amides is 1. The van der Waals surface area contributed by atoms with Gasteiger partial charge >= 0.3 is 0 Å². The van der Waals surface area contributed by atoms with Crippen LogP contribution in [-0.2, 0) is 11.2 Å². The van der Waals surface area contributed by atoms with E-state index < -0.39 is 5.60 Å². The molecule has 1 aromatic rings. The number of nitrogens with zero attached hydrogens (tertiary/aromatic N) is 1. The molecule has 1 rings (SSSR count). The van der Waals surface area contributed by atoms with E-state index in [9.17, 15) is 9.90 Å². The summed E-state index contributed by atoms with van der Waals surface area (Å²) in [5.41, 5.74) is -0.113. The van der Waals surface area contributed by atoms with Gasteiger partial charge in [0, 0.05) is 6.54 Å². The number of hydrogen-bond donors (Lipinski definition) is 2. The van der Waals surface area contributed by atoms with E-state index >= 15 is 0 Å². The molecule has 0 saturated carbocycles. The molecule has 0 bridgehead atoms. The van der Waals surface area contributed by atoms with E-state index in [2.05, 4.69) is 5.32 Å². The molecule has 0 spiro atoms. The van der Waals surface area contributed by atoms with Crippen molar-refractivity contribution in [3.05, 3.63) is 29.8 Å². The lowest BCUT2D eigenvalue weighted by atomic mass is 9.88. The molecule has 0 radical (unpaired) electrons. The number of benzene rings is 1. The Morgan fingerprint density at radius 2 is 2.27 bits per heavy atom. The number of rotatable bonds is 8. The molecular weight excluding hydrogens is 280 g/mol. The van der Waals surface area contributed by atoms with Gasteiger partial charge in [-0.25, -0.2) is 0 Å². The second-order valence-corrected chi connectivity index (χ2v) is 5.71. The van der Waals surface area contributed by atoms with Crippen LogP contribution in [0.3, 0.4) is 0 Å². The SMILES string of the molecule is CCC(C)C(C)(O)CNC(=O)Cc1cccc(OCC#N)c1. The maximum atomic E-state index is 12.0. The quantitative estimate of drug-likeness (QED) is 0.770. The van der Waals surface area contributed by atoms with E-state index in [0.29, 0.717) is 5.75 Å². The molecule has 120 valence electrons. The molecule has 2 N–H and O–H groups in total. The molecule has 5 heteroatoms. The van der Waals surface area contributed by atoms with Gasteiger partial charge in [-0.2, -0.15) is 5.26 Å². The average molecular weight is 304 g/mol. The Labute approximate surface area is 131 Å². The molecule has 0 fully saturated rings. The third kappa shape index (κ3) is 5.74. The van der Waals surface area contributed by atoms with Crippen molar-refractivity contribution in [3.8, 4) is 11.8 Å². The highest BCUT2D eigenvalue weighted by Gasteiger charge is 2.27. The van der Waals surface area contributed by atoms with Crippen molar-refractivity contribution in [2.24, 2.45) is 5.92 Å². The van der Waals surface area contributed by atoms with Crippen LogP contribution in [0.15, 0.2) is 24.3 Å². The summed E-state index contributed by atoms with van der Waals surface area (Å²) in [4.78, 5) is 12.0. The first-order valence-corrected chi connectivity index (χ1v) is 7.46. The average Bonchev–Trinajstić information content (AvgIpc) is 2.50. The fourth-order valence-corrected chi connectivity index (χ4v) is 2.00. The smallest absolute Gasteiger partial charge is 0.224 e. The van der Waals surface area contributed by atoms with Gasteiger partial charge < -0.3 is 15.2 Å². The zero-order chi connectivity index (χ0) is 16.6. The summed E-state index contributed by atoms with van der Waals surface area (Å²) in [5, 5.41) is 21.5. The van der Waals surface area contributed by atoms with E-state index in [1.54, 1.807) is 25.1 Å². The highest BCUT2D eigenvalue weighted by Crippen LogP contribution is 2.19. The Morgan fingerprint density at radius 1 is 1.55 bits per heavy atom. The Balaban J connectivity index is 2.53. The zero-order valence-corrected chi connectivity index (χ0v) is 13.4. The fourth-order valence-electron chi connectivity index (χ4n) is 2.00. The normalized spacial score (nSPS) is 14.5. The van der Waals surface area contributed by atoms with Crippen LogP contribution in [0, 0.1) is 17.2 Å². The lowest BCUT2D eigenvalue weighted by molar-refractivity contribution is -0.122. The first kappa shape index (κ1) is 18.0. The minimum Gasteiger partial charge on any atom is -0.479 e. The van der Waals surface area contributed by atoms with Crippen molar-refractivity contribution < 1.29 is 14.6 Å². The molecule has 2 atom stereocenters. The highest BCUT2D eigenvalue weighted by molar-refractivity contribution is 5.78. The van der Waals surface area contributed by atoms with Gasteiger partial charge in [0.05, 0.1) is 12.0 Å². The molecule has 0 heterocycles. The summed E-state index contributed by atoms with van der Waals surface area (Å²) in [6.45, 7) is 5.91. The molecule has 2 unspecified atom stereocenters. The van der Waals surface area contributed by atoms with Crippen LogP contribution >= 0.6 is 0 Å². The summed E-state index contributed by atoms with van der Waals surface area (Å²) < 4.78 is 5.20. The number of ether oxygens (including phenoxy) is 1. The van der Waals surface area contributed by atoms with Crippen LogP contribution in [0.5, 0.6) is 5.75 Å². The van der Waals surface area contributed by atoms with Crippen LogP contribution in [-0.4, -0.2) is 29.8 Å². The molecule has 0 aromatic heterocycles. The minimum absolute atomic E-state index is 0.0204. The third-order valence-corrected chi connectivity index (χ3v) is 3.88. The lowest BCUT2D eigenvalue weighted by Crippen LogP contribution is -2.45. The van der Waals surface area contributed by atoms with Gasteiger partial charge in [-0.05, 0) is 30.5 Å². The first-order chi connectivity index (χ1) is 10.4. The topological polar surface area (TPSA) is 82.3 Å². The standard InChI is InChI=1S/C17H24N2O3/c1-4-13(2)17(3,21)12-19-16(20)11-14-6-5-7-15(10-14)22-9-8-18/h5-7,10,13,21H,4,9,11-12H2,1-3H3,(H,19,20). The van der Waals surface area contributed by atoms with Crippen LogP contribution in [0.2, 0.25) is 0 Å². The Hall–Kier alpha value is -2.06. The summed E-state index contributed by atoms with van der Waals surface area (Å²) >= 11 is 0. The Bertz CT molecular complexity index is 535.